The molecule has 10 heteroatoms. The van der Waals surface area contributed by atoms with Crippen molar-refractivity contribution in [3.63, 3.8) is 0 Å². The summed E-state index contributed by atoms with van der Waals surface area (Å²) in [5.41, 5.74) is 2.89. The van der Waals surface area contributed by atoms with Crippen molar-refractivity contribution >= 4 is 37.0 Å². The van der Waals surface area contributed by atoms with Gasteiger partial charge in [-0.05, 0) is 42.8 Å². The van der Waals surface area contributed by atoms with E-state index in [1.165, 1.54) is 7.11 Å². The number of phosphoric acid groups is 1. The summed E-state index contributed by atoms with van der Waals surface area (Å²) in [5, 5.41) is 0. The maximum Gasteiger partial charge on any atom is 0.466 e. The van der Waals surface area contributed by atoms with E-state index in [1.54, 1.807) is 12.1 Å². The SMILES string of the molecule is CCOc1ccc(/C=C/c2nc3c(C(=O)OC)cccc3[nH]2)cc1.O=P(O)(O)O. The van der Waals surface area contributed by atoms with E-state index in [2.05, 4.69) is 9.97 Å². The van der Waals surface area contributed by atoms with Crippen LogP contribution in [-0.2, 0) is 9.30 Å². The van der Waals surface area contributed by atoms with Crippen LogP contribution in [0.5, 0.6) is 5.75 Å². The molecule has 0 unspecified atom stereocenters. The Morgan fingerprint density at radius 3 is 2.38 bits per heavy atom. The summed E-state index contributed by atoms with van der Waals surface area (Å²) in [6.07, 6.45) is 3.82. The van der Waals surface area contributed by atoms with Crippen LogP contribution in [0.3, 0.4) is 0 Å². The number of hydrogen-bond acceptors (Lipinski definition) is 5. The molecule has 29 heavy (non-hydrogen) atoms. The zero-order chi connectivity index (χ0) is 21.4. The van der Waals surface area contributed by atoms with Gasteiger partial charge in [-0.25, -0.2) is 14.3 Å². The first kappa shape index (κ1) is 22.3. The van der Waals surface area contributed by atoms with Crippen LogP contribution in [0.4, 0.5) is 0 Å². The predicted molar refractivity (Wildman–Crippen MR) is 108 cm³/mol. The van der Waals surface area contributed by atoms with Crippen LogP contribution in [0.1, 0.15) is 28.7 Å². The maximum atomic E-state index is 11.8. The first-order valence-electron chi connectivity index (χ1n) is 8.47. The second kappa shape index (κ2) is 9.99. The smallest absolute Gasteiger partial charge is 0.466 e. The lowest BCUT2D eigenvalue weighted by atomic mass is 10.2. The predicted octanol–water partition coefficient (Wildman–Crippen LogP) is 2.99. The molecule has 9 nitrogen and oxygen atoms in total. The van der Waals surface area contributed by atoms with Gasteiger partial charge in [0.2, 0.25) is 0 Å². The van der Waals surface area contributed by atoms with Crippen molar-refractivity contribution in [1.29, 1.82) is 0 Å². The monoisotopic (exact) mass is 420 g/mol. The molecule has 3 aromatic rings. The van der Waals surface area contributed by atoms with E-state index in [0.29, 0.717) is 23.5 Å². The molecular formula is C19H21N2O7P. The summed E-state index contributed by atoms with van der Waals surface area (Å²) in [6, 6.07) is 13.2. The van der Waals surface area contributed by atoms with E-state index < -0.39 is 13.8 Å². The molecule has 0 atom stereocenters. The minimum atomic E-state index is -4.64. The van der Waals surface area contributed by atoms with Crippen LogP contribution in [0.15, 0.2) is 42.5 Å². The minimum Gasteiger partial charge on any atom is -0.494 e. The lowest BCUT2D eigenvalue weighted by molar-refractivity contribution is 0.0602. The number of ether oxygens (including phenoxy) is 2. The maximum absolute atomic E-state index is 11.8. The second-order valence-corrected chi connectivity index (χ2v) is 6.69. The number of methoxy groups -OCH3 is 1. The molecule has 0 bridgehead atoms. The van der Waals surface area contributed by atoms with Crippen molar-refractivity contribution in [1.82, 2.24) is 9.97 Å². The van der Waals surface area contributed by atoms with Gasteiger partial charge in [0, 0.05) is 0 Å². The fraction of sp³-hybridized carbons (Fsp3) is 0.158. The fourth-order valence-electron chi connectivity index (χ4n) is 2.42. The molecule has 0 aliphatic carbocycles. The molecule has 154 valence electrons. The number of imidazole rings is 1. The summed E-state index contributed by atoms with van der Waals surface area (Å²) in [5.74, 6) is 1.13. The Bertz CT molecular complexity index is 1030. The van der Waals surface area contributed by atoms with E-state index in [0.717, 1.165) is 16.8 Å². The van der Waals surface area contributed by atoms with Crippen molar-refractivity contribution in [2.75, 3.05) is 13.7 Å². The van der Waals surface area contributed by atoms with Crippen LogP contribution in [-0.4, -0.2) is 44.3 Å². The van der Waals surface area contributed by atoms with E-state index >= 15 is 0 Å². The number of rotatable bonds is 5. The van der Waals surface area contributed by atoms with Gasteiger partial charge in [-0.1, -0.05) is 24.3 Å². The number of H-pyrrole nitrogens is 1. The van der Waals surface area contributed by atoms with Gasteiger partial charge >= 0.3 is 13.8 Å². The third-order valence-electron chi connectivity index (χ3n) is 3.56. The van der Waals surface area contributed by atoms with Crippen molar-refractivity contribution < 1.29 is 33.5 Å². The Morgan fingerprint density at radius 1 is 1.14 bits per heavy atom. The Kier molecular flexibility index (Phi) is 7.69. The molecule has 4 N–H and O–H groups in total. The summed E-state index contributed by atoms with van der Waals surface area (Å²) in [7, 11) is -3.28. The standard InChI is InChI=1S/C19H18N2O3.H3O4P/c1-3-24-14-10-7-13(8-11-14)9-12-17-20-16-6-4-5-15(18(16)21-17)19(22)23-2;1-5(2,3)4/h4-12H,3H2,1-2H3,(H,20,21);(H3,1,2,3,4)/b12-9+;. The molecule has 3 rings (SSSR count). The number of esters is 1. The van der Waals surface area contributed by atoms with Gasteiger partial charge in [-0.15, -0.1) is 0 Å². The molecule has 2 aromatic carbocycles. The summed E-state index contributed by atoms with van der Waals surface area (Å²) < 4.78 is 19.1. The van der Waals surface area contributed by atoms with Gasteiger partial charge in [-0.2, -0.15) is 0 Å². The summed E-state index contributed by atoms with van der Waals surface area (Å²) in [4.78, 5) is 41.0. The lowest BCUT2D eigenvalue weighted by Crippen LogP contribution is -2.01. The molecule has 0 saturated carbocycles. The molecule has 0 saturated heterocycles. The van der Waals surface area contributed by atoms with E-state index in [4.69, 9.17) is 28.7 Å². The lowest BCUT2D eigenvalue weighted by Gasteiger charge is -2.01. The van der Waals surface area contributed by atoms with Crippen molar-refractivity contribution in [3.05, 3.63) is 59.4 Å². The normalized spacial score (nSPS) is 11.2. The molecule has 0 fully saturated rings. The quantitative estimate of drug-likeness (QED) is 0.365. The molecule has 1 heterocycles. The molecular weight excluding hydrogens is 399 g/mol. The first-order chi connectivity index (χ1) is 13.7. The number of hydrogen-bond donors (Lipinski definition) is 4. The molecule has 0 radical (unpaired) electrons. The second-order valence-electron chi connectivity index (χ2n) is 5.66. The number of nitrogens with zero attached hydrogens (tertiary/aromatic N) is 1. The van der Waals surface area contributed by atoms with E-state index in [1.807, 2.05) is 49.4 Å². The highest BCUT2D eigenvalue weighted by molar-refractivity contribution is 7.45. The Balaban J connectivity index is 0.000000537. The minimum absolute atomic E-state index is 0.394. The molecule has 0 amide bonds. The number of carbonyl (C=O) groups excluding carboxylic acids is 1. The largest absolute Gasteiger partial charge is 0.494 e. The average Bonchev–Trinajstić information content (AvgIpc) is 3.09. The number of nitrogens with one attached hydrogen (secondary N) is 1. The number of fused-ring (bicyclic) bond motifs is 1. The van der Waals surface area contributed by atoms with E-state index in [-0.39, 0.29) is 0 Å². The van der Waals surface area contributed by atoms with Crippen LogP contribution < -0.4 is 4.74 Å². The van der Waals surface area contributed by atoms with Crippen molar-refractivity contribution in [2.45, 2.75) is 6.92 Å². The Labute approximate surface area is 166 Å². The third kappa shape index (κ3) is 7.17. The number of carbonyl (C=O) groups is 1. The van der Waals surface area contributed by atoms with Gasteiger partial charge in [0.05, 0.1) is 24.8 Å². The highest BCUT2D eigenvalue weighted by Gasteiger charge is 2.12. The average molecular weight is 420 g/mol. The fourth-order valence-corrected chi connectivity index (χ4v) is 2.42. The van der Waals surface area contributed by atoms with Crippen molar-refractivity contribution in [3.8, 4) is 5.75 Å². The summed E-state index contributed by atoms with van der Waals surface area (Å²) >= 11 is 0. The van der Waals surface area contributed by atoms with Gasteiger partial charge in [0.15, 0.2) is 0 Å². The highest BCUT2D eigenvalue weighted by atomic mass is 31.2. The topological polar surface area (TPSA) is 142 Å². The Morgan fingerprint density at radius 2 is 1.79 bits per heavy atom. The molecule has 0 aliphatic heterocycles. The van der Waals surface area contributed by atoms with Crippen molar-refractivity contribution in [2.24, 2.45) is 0 Å². The van der Waals surface area contributed by atoms with Crippen LogP contribution in [0.2, 0.25) is 0 Å². The highest BCUT2D eigenvalue weighted by Crippen LogP contribution is 2.25. The number of para-hydroxylation sites is 1. The zero-order valence-corrected chi connectivity index (χ0v) is 16.7. The number of aromatic amines is 1. The van der Waals surface area contributed by atoms with Gasteiger partial charge in [0.25, 0.3) is 0 Å². The molecule has 0 spiro atoms. The first-order valence-corrected chi connectivity index (χ1v) is 10.0. The van der Waals surface area contributed by atoms with Gasteiger partial charge in [-0.3, -0.25) is 0 Å². The molecule has 1 aromatic heterocycles. The van der Waals surface area contributed by atoms with Crippen LogP contribution in [0, 0.1) is 0 Å². The zero-order valence-electron chi connectivity index (χ0n) is 15.8. The van der Waals surface area contributed by atoms with Gasteiger partial charge in [0.1, 0.15) is 17.1 Å². The van der Waals surface area contributed by atoms with Crippen LogP contribution in [0.25, 0.3) is 23.2 Å². The molecule has 0 aliphatic rings. The van der Waals surface area contributed by atoms with Gasteiger partial charge < -0.3 is 29.1 Å². The number of benzene rings is 2. The van der Waals surface area contributed by atoms with Crippen LogP contribution >= 0.6 is 7.82 Å². The number of aromatic nitrogens is 2. The summed E-state index contributed by atoms with van der Waals surface area (Å²) in [6.45, 7) is 2.61. The van der Waals surface area contributed by atoms with E-state index in [9.17, 15) is 4.79 Å². The Hall–Kier alpha value is -2.97. The third-order valence-corrected chi connectivity index (χ3v) is 3.56.